The Morgan fingerprint density at radius 1 is 1.30 bits per heavy atom. The summed E-state index contributed by atoms with van der Waals surface area (Å²) in [6, 6.07) is 0.469. The van der Waals surface area contributed by atoms with Gasteiger partial charge in [-0.25, -0.2) is 15.8 Å². The van der Waals surface area contributed by atoms with Crippen LogP contribution in [0.3, 0.4) is 0 Å². The van der Waals surface area contributed by atoms with E-state index in [1.807, 2.05) is 6.92 Å². The van der Waals surface area contributed by atoms with Crippen molar-refractivity contribution < 1.29 is 0 Å². The van der Waals surface area contributed by atoms with Crippen LogP contribution in [0.25, 0.3) is 0 Å². The molecule has 2 rings (SSSR count). The number of aromatic nitrogens is 2. The third kappa shape index (κ3) is 3.03. The summed E-state index contributed by atoms with van der Waals surface area (Å²) >= 11 is 0. The van der Waals surface area contributed by atoms with Gasteiger partial charge in [-0.1, -0.05) is 27.2 Å². The Morgan fingerprint density at radius 3 is 2.55 bits per heavy atom. The smallest absolute Gasteiger partial charge is 0.148 e. The first kappa shape index (κ1) is 15.0. The average Bonchev–Trinajstić information content (AvgIpc) is 2.72. The molecule has 1 heterocycles. The Hall–Kier alpha value is -1.36. The van der Waals surface area contributed by atoms with E-state index in [4.69, 9.17) is 5.84 Å². The third-order valence-electron chi connectivity index (χ3n) is 4.37. The summed E-state index contributed by atoms with van der Waals surface area (Å²) in [6.07, 6.45) is 5.64. The van der Waals surface area contributed by atoms with Crippen molar-refractivity contribution in [3.63, 3.8) is 0 Å². The minimum Gasteiger partial charge on any atom is -0.366 e. The normalized spacial score (nSPS) is 20.9. The number of nitrogen functional groups attached to an aromatic ring is 1. The summed E-state index contributed by atoms with van der Waals surface area (Å²) in [4.78, 5) is 9.15. The lowest BCUT2D eigenvalue weighted by Gasteiger charge is -2.29. The van der Waals surface area contributed by atoms with E-state index in [9.17, 15) is 0 Å². The van der Waals surface area contributed by atoms with Gasteiger partial charge in [0.25, 0.3) is 0 Å². The van der Waals surface area contributed by atoms with E-state index in [2.05, 4.69) is 41.5 Å². The van der Waals surface area contributed by atoms with Crippen molar-refractivity contribution >= 4 is 11.6 Å². The van der Waals surface area contributed by atoms with Gasteiger partial charge in [0.05, 0.1) is 0 Å². The predicted octanol–water partition coefficient (Wildman–Crippen LogP) is 3.01. The van der Waals surface area contributed by atoms with E-state index in [0.717, 1.165) is 35.9 Å². The van der Waals surface area contributed by atoms with Gasteiger partial charge in [0.1, 0.15) is 17.5 Å². The maximum absolute atomic E-state index is 5.58. The first-order chi connectivity index (χ1) is 9.47. The van der Waals surface area contributed by atoms with Crippen LogP contribution in [0.15, 0.2) is 0 Å². The average molecular weight is 277 g/mol. The first-order valence-corrected chi connectivity index (χ1v) is 7.58. The van der Waals surface area contributed by atoms with E-state index >= 15 is 0 Å². The standard InChI is InChI=1S/C15H27N5/c1-5-7-12-18-13(10(2)14(19-12)20-16)17-11-8-6-9-15(11,3)4/h11H,5-9,16H2,1-4H3,(H2,17,18,19,20). The second-order valence-corrected chi connectivity index (χ2v) is 6.43. The quantitative estimate of drug-likeness (QED) is 0.570. The molecule has 1 atom stereocenters. The minimum absolute atomic E-state index is 0.318. The third-order valence-corrected chi connectivity index (χ3v) is 4.37. The van der Waals surface area contributed by atoms with Gasteiger partial charge in [-0.3, -0.25) is 0 Å². The zero-order valence-electron chi connectivity index (χ0n) is 13.1. The highest BCUT2D eigenvalue weighted by molar-refractivity contribution is 5.57. The Morgan fingerprint density at radius 2 is 2.00 bits per heavy atom. The highest BCUT2D eigenvalue weighted by Crippen LogP contribution is 2.39. The van der Waals surface area contributed by atoms with Crippen molar-refractivity contribution in [1.29, 1.82) is 0 Å². The van der Waals surface area contributed by atoms with Gasteiger partial charge < -0.3 is 10.7 Å². The SMILES string of the molecule is CCCc1nc(NN)c(C)c(NC2CCCC2(C)C)n1. The summed E-state index contributed by atoms with van der Waals surface area (Å²) in [6.45, 7) is 8.79. The molecule has 0 radical (unpaired) electrons. The highest BCUT2D eigenvalue weighted by atomic mass is 15.3. The fourth-order valence-electron chi connectivity index (χ4n) is 2.94. The van der Waals surface area contributed by atoms with Crippen LogP contribution in [0.5, 0.6) is 0 Å². The zero-order chi connectivity index (χ0) is 14.8. The van der Waals surface area contributed by atoms with Gasteiger partial charge in [-0.2, -0.15) is 0 Å². The second-order valence-electron chi connectivity index (χ2n) is 6.43. The number of nitrogens with one attached hydrogen (secondary N) is 2. The molecule has 1 aromatic rings. The molecule has 112 valence electrons. The van der Waals surface area contributed by atoms with Gasteiger partial charge >= 0.3 is 0 Å². The van der Waals surface area contributed by atoms with Crippen molar-refractivity contribution in [2.75, 3.05) is 10.7 Å². The Bertz CT molecular complexity index is 470. The maximum atomic E-state index is 5.58. The number of hydrazine groups is 1. The molecule has 1 unspecified atom stereocenters. The molecule has 0 bridgehead atoms. The van der Waals surface area contributed by atoms with Crippen molar-refractivity contribution in [2.24, 2.45) is 11.3 Å². The Labute approximate surface area is 121 Å². The van der Waals surface area contributed by atoms with E-state index < -0.39 is 0 Å². The number of anilines is 2. The van der Waals surface area contributed by atoms with E-state index in [0.29, 0.717) is 11.5 Å². The number of aryl methyl sites for hydroxylation is 1. The summed E-state index contributed by atoms with van der Waals surface area (Å²) in [5.41, 5.74) is 4.00. The molecule has 1 fully saturated rings. The first-order valence-electron chi connectivity index (χ1n) is 7.58. The lowest BCUT2D eigenvalue weighted by atomic mass is 9.87. The molecule has 5 heteroatoms. The molecule has 0 amide bonds. The molecule has 0 aromatic carbocycles. The fourth-order valence-corrected chi connectivity index (χ4v) is 2.94. The predicted molar refractivity (Wildman–Crippen MR) is 83.6 cm³/mol. The van der Waals surface area contributed by atoms with Crippen LogP contribution in [0.2, 0.25) is 0 Å². The van der Waals surface area contributed by atoms with Crippen molar-refractivity contribution in [3.05, 3.63) is 11.4 Å². The Balaban J connectivity index is 2.28. The molecule has 20 heavy (non-hydrogen) atoms. The maximum Gasteiger partial charge on any atom is 0.148 e. The van der Waals surface area contributed by atoms with Crippen LogP contribution in [0.1, 0.15) is 57.8 Å². The van der Waals surface area contributed by atoms with Crippen LogP contribution in [0, 0.1) is 12.3 Å². The number of hydrogen-bond donors (Lipinski definition) is 3. The molecule has 0 spiro atoms. The van der Waals surface area contributed by atoms with Crippen molar-refractivity contribution in [2.45, 2.75) is 65.8 Å². The molecule has 0 aliphatic heterocycles. The van der Waals surface area contributed by atoms with E-state index in [-0.39, 0.29) is 0 Å². The number of hydrogen-bond acceptors (Lipinski definition) is 5. The van der Waals surface area contributed by atoms with Gasteiger partial charge in [0, 0.05) is 18.0 Å². The monoisotopic (exact) mass is 277 g/mol. The molecule has 1 saturated carbocycles. The van der Waals surface area contributed by atoms with Crippen LogP contribution in [0.4, 0.5) is 11.6 Å². The molecule has 4 N–H and O–H groups in total. The summed E-state index contributed by atoms with van der Waals surface area (Å²) in [5.74, 6) is 8.08. The van der Waals surface area contributed by atoms with Gasteiger partial charge in [-0.15, -0.1) is 0 Å². The topological polar surface area (TPSA) is 75.9 Å². The Kier molecular flexibility index (Phi) is 4.48. The van der Waals surface area contributed by atoms with Crippen LogP contribution in [-0.2, 0) is 6.42 Å². The van der Waals surface area contributed by atoms with E-state index in [1.165, 1.54) is 19.3 Å². The number of nitrogens with two attached hydrogens (primary N) is 1. The second kappa shape index (κ2) is 5.95. The molecule has 5 nitrogen and oxygen atoms in total. The molecular formula is C15H27N5. The van der Waals surface area contributed by atoms with Crippen LogP contribution in [-0.4, -0.2) is 16.0 Å². The zero-order valence-corrected chi connectivity index (χ0v) is 13.1. The molecular weight excluding hydrogens is 250 g/mol. The molecule has 1 aromatic heterocycles. The number of rotatable bonds is 5. The number of nitrogens with zero attached hydrogens (tertiary/aromatic N) is 2. The fraction of sp³-hybridized carbons (Fsp3) is 0.733. The summed E-state index contributed by atoms with van der Waals surface area (Å²) < 4.78 is 0. The lowest BCUT2D eigenvalue weighted by molar-refractivity contribution is 0.349. The minimum atomic E-state index is 0.318. The molecule has 0 saturated heterocycles. The van der Waals surface area contributed by atoms with Crippen LogP contribution < -0.4 is 16.6 Å². The van der Waals surface area contributed by atoms with Crippen molar-refractivity contribution in [3.8, 4) is 0 Å². The molecule has 1 aliphatic carbocycles. The lowest BCUT2D eigenvalue weighted by Crippen LogP contribution is -2.32. The largest absolute Gasteiger partial charge is 0.366 e. The summed E-state index contributed by atoms with van der Waals surface area (Å²) in [5, 5.41) is 3.63. The van der Waals surface area contributed by atoms with E-state index in [1.54, 1.807) is 0 Å². The summed E-state index contributed by atoms with van der Waals surface area (Å²) in [7, 11) is 0. The van der Waals surface area contributed by atoms with Crippen LogP contribution >= 0.6 is 0 Å². The van der Waals surface area contributed by atoms with Gasteiger partial charge in [-0.05, 0) is 31.6 Å². The van der Waals surface area contributed by atoms with Gasteiger partial charge in [0.2, 0.25) is 0 Å². The van der Waals surface area contributed by atoms with Crippen molar-refractivity contribution in [1.82, 2.24) is 9.97 Å². The highest BCUT2D eigenvalue weighted by Gasteiger charge is 2.35. The van der Waals surface area contributed by atoms with Gasteiger partial charge in [0.15, 0.2) is 0 Å². The molecule has 1 aliphatic rings.